The molecule has 0 spiro atoms. The average molecular weight is 397 g/mol. The van der Waals surface area contributed by atoms with Crippen molar-refractivity contribution in [2.45, 2.75) is 10.0 Å². The molecule has 124 valence electrons. The normalized spacial score (nSPS) is 13.4. The van der Waals surface area contributed by atoms with E-state index in [2.05, 4.69) is 5.09 Å². The van der Waals surface area contributed by atoms with Crippen molar-refractivity contribution in [1.82, 2.24) is 5.09 Å². The van der Waals surface area contributed by atoms with Crippen molar-refractivity contribution in [2.75, 3.05) is 0 Å². The average Bonchev–Trinajstić information content (AvgIpc) is 2.47. The summed E-state index contributed by atoms with van der Waals surface area (Å²) in [6.45, 7) is 0. The van der Waals surface area contributed by atoms with Crippen LogP contribution in [0.4, 0.5) is 0 Å². The molecule has 1 unspecified atom stereocenters. The summed E-state index contributed by atoms with van der Waals surface area (Å²) in [7, 11) is -4.07. The van der Waals surface area contributed by atoms with E-state index in [-0.39, 0.29) is 11.5 Å². The number of hydrogen-bond acceptors (Lipinski definition) is 4. The van der Waals surface area contributed by atoms with Gasteiger partial charge in [-0.2, -0.15) is 5.09 Å². The van der Waals surface area contributed by atoms with Crippen molar-refractivity contribution in [3.05, 3.63) is 60.7 Å². The highest BCUT2D eigenvalue weighted by Gasteiger charge is 2.40. The van der Waals surface area contributed by atoms with Crippen molar-refractivity contribution in [3.63, 3.8) is 0 Å². The van der Waals surface area contributed by atoms with Crippen LogP contribution in [0, 0.1) is 0 Å². The quantitative estimate of drug-likeness (QED) is 0.426. The van der Waals surface area contributed by atoms with Crippen molar-refractivity contribution in [3.8, 4) is 11.5 Å². The van der Waals surface area contributed by atoms with E-state index in [0.29, 0.717) is 0 Å². The van der Waals surface area contributed by atoms with Gasteiger partial charge in [0, 0.05) is 0 Å². The molecule has 0 radical (unpaired) electrons. The number of aliphatic hydroxyl groups excluding tert-OH is 1. The van der Waals surface area contributed by atoms with E-state index < -0.39 is 17.8 Å². The number of benzene rings is 2. The Morgan fingerprint density at radius 2 is 1.30 bits per heavy atom. The maximum absolute atomic E-state index is 12.9. The van der Waals surface area contributed by atoms with Crippen LogP contribution in [0.3, 0.4) is 0 Å². The van der Waals surface area contributed by atoms with E-state index in [1.165, 1.54) is 0 Å². The summed E-state index contributed by atoms with van der Waals surface area (Å²) in [6, 6.07) is 16.6. The lowest BCUT2D eigenvalue weighted by Gasteiger charge is -2.26. The van der Waals surface area contributed by atoms with E-state index in [1.807, 2.05) is 0 Å². The van der Waals surface area contributed by atoms with Crippen LogP contribution in [-0.2, 0) is 4.57 Å². The van der Waals surface area contributed by atoms with Gasteiger partial charge >= 0.3 is 7.75 Å². The van der Waals surface area contributed by atoms with E-state index in [4.69, 9.17) is 43.9 Å². The summed E-state index contributed by atoms with van der Waals surface area (Å²) in [4.78, 5) is 0. The summed E-state index contributed by atoms with van der Waals surface area (Å²) in [5.74, 6) is 0.520. The molecule has 0 heterocycles. The van der Waals surface area contributed by atoms with E-state index in [9.17, 15) is 9.67 Å². The second kappa shape index (κ2) is 7.75. The molecule has 0 aromatic heterocycles. The lowest BCUT2D eigenvalue weighted by Crippen LogP contribution is -2.40. The summed E-state index contributed by atoms with van der Waals surface area (Å²) in [5, 5.41) is 12.0. The minimum atomic E-state index is -4.07. The number of aliphatic hydroxyl groups is 1. The SMILES string of the molecule is O=P(NC(O)C(Cl)(Cl)Cl)(Oc1ccccc1)Oc1ccccc1. The molecule has 5 nitrogen and oxygen atoms in total. The van der Waals surface area contributed by atoms with Crippen LogP contribution in [0.2, 0.25) is 0 Å². The standard InChI is InChI=1S/C14H13Cl3NO4P/c15-14(16,17)13(19)18-23(20,21-11-7-3-1-4-8-11)22-12-9-5-2-6-10-12/h1-10,13,19H,(H,18,20). The smallest absolute Gasteiger partial charge is 0.404 e. The lowest BCUT2D eigenvalue weighted by atomic mass is 10.3. The molecule has 2 aromatic rings. The highest BCUT2D eigenvalue weighted by Crippen LogP contribution is 2.47. The van der Waals surface area contributed by atoms with Gasteiger partial charge in [-0.25, -0.2) is 4.57 Å². The van der Waals surface area contributed by atoms with Gasteiger partial charge in [-0.1, -0.05) is 71.2 Å². The molecular formula is C14H13Cl3NO4P. The predicted molar refractivity (Wildman–Crippen MR) is 91.2 cm³/mol. The molecule has 0 aliphatic rings. The number of alkyl halides is 3. The fourth-order valence-corrected chi connectivity index (χ4v) is 3.36. The Morgan fingerprint density at radius 1 is 0.913 bits per heavy atom. The Balaban J connectivity index is 2.24. The fourth-order valence-electron chi connectivity index (χ4n) is 1.53. The van der Waals surface area contributed by atoms with E-state index >= 15 is 0 Å². The molecule has 23 heavy (non-hydrogen) atoms. The maximum Gasteiger partial charge on any atom is 0.515 e. The summed E-state index contributed by atoms with van der Waals surface area (Å²) in [5.41, 5.74) is 0. The first-order valence-electron chi connectivity index (χ1n) is 6.40. The predicted octanol–water partition coefficient (Wildman–Crippen LogP) is 4.53. The van der Waals surface area contributed by atoms with Gasteiger partial charge in [0.05, 0.1) is 0 Å². The lowest BCUT2D eigenvalue weighted by molar-refractivity contribution is 0.156. The van der Waals surface area contributed by atoms with Crippen LogP contribution >= 0.6 is 42.5 Å². The molecule has 0 aliphatic carbocycles. The summed E-state index contributed by atoms with van der Waals surface area (Å²) < 4.78 is 21.5. The Kier molecular flexibility index (Phi) is 6.20. The topological polar surface area (TPSA) is 67.8 Å². The van der Waals surface area contributed by atoms with Crippen LogP contribution in [0.15, 0.2) is 60.7 Å². The second-order valence-electron chi connectivity index (χ2n) is 4.38. The number of nitrogens with one attached hydrogen (secondary N) is 1. The molecule has 1 atom stereocenters. The van der Waals surface area contributed by atoms with Gasteiger partial charge in [0.15, 0.2) is 6.23 Å². The zero-order valence-corrected chi connectivity index (χ0v) is 14.8. The number of hydrogen-bond donors (Lipinski definition) is 2. The summed E-state index contributed by atoms with van der Waals surface area (Å²) >= 11 is 16.7. The Bertz CT molecular complexity index is 621. The van der Waals surface area contributed by atoms with Crippen LogP contribution in [0.25, 0.3) is 0 Å². The van der Waals surface area contributed by atoms with Gasteiger partial charge < -0.3 is 14.2 Å². The molecule has 0 amide bonds. The van der Waals surface area contributed by atoms with Crippen molar-refractivity contribution >= 4 is 42.5 Å². The van der Waals surface area contributed by atoms with Gasteiger partial charge in [0.25, 0.3) is 0 Å². The van der Waals surface area contributed by atoms with Crippen LogP contribution in [0.5, 0.6) is 11.5 Å². The molecule has 2 rings (SSSR count). The monoisotopic (exact) mass is 395 g/mol. The highest BCUT2D eigenvalue weighted by atomic mass is 35.6. The van der Waals surface area contributed by atoms with Gasteiger partial charge in [0.1, 0.15) is 11.5 Å². The van der Waals surface area contributed by atoms with Gasteiger partial charge in [-0.3, -0.25) is 0 Å². The number of para-hydroxylation sites is 2. The molecule has 0 fully saturated rings. The minimum absolute atomic E-state index is 0.260. The Hall–Kier alpha value is -0.940. The zero-order valence-electron chi connectivity index (χ0n) is 11.6. The number of rotatable bonds is 6. The van der Waals surface area contributed by atoms with Crippen LogP contribution < -0.4 is 14.1 Å². The van der Waals surface area contributed by atoms with Crippen LogP contribution in [0.1, 0.15) is 0 Å². The molecular weight excluding hydrogens is 383 g/mol. The van der Waals surface area contributed by atoms with Gasteiger partial charge in [0.2, 0.25) is 3.79 Å². The third-order valence-corrected chi connectivity index (χ3v) is 4.61. The largest absolute Gasteiger partial charge is 0.515 e. The van der Waals surface area contributed by atoms with Crippen molar-refractivity contribution in [1.29, 1.82) is 0 Å². The first-order valence-corrected chi connectivity index (χ1v) is 9.08. The third-order valence-electron chi connectivity index (χ3n) is 2.53. The highest BCUT2D eigenvalue weighted by molar-refractivity contribution is 7.52. The molecule has 0 aliphatic heterocycles. The fraction of sp³-hybridized carbons (Fsp3) is 0.143. The maximum atomic E-state index is 12.9. The summed E-state index contributed by atoms with van der Waals surface area (Å²) in [6.07, 6.45) is -1.77. The van der Waals surface area contributed by atoms with Crippen LogP contribution in [-0.4, -0.2) is 15.1 Å². The minimum Gasteiger partial charge on any atom is -0.404 e. The van der Waals surface area contributed by atoms with Gasteiger partial charge in [-0.15, -0.1) is 0 Å². The first kappa shape index (κ1) is 18.4. The molecule has 0 saturated heterocycles. The second-order valence-corrected chi connectivity index (χ2v) is 8.37. The Morgan fingerprint density at radius 3 is 1.65 bits per heavy atom. The van der Waals surface area contributed by atoms with E-state index in [0.717, 1.165) is 0 Å². The molecule has 2 N–H and O–H groups in total. The van der Waals surface area contributed by atoms with Gasteiger partial charge in [-0.05, 0) is 24.3 Å². The van der Waals surface area contributed by atoms with Crippen molar-refractivity contribution in [2.24, 2.45) is 0 Å². The number of halogens is 3. The zero-order chi connectivity index (χ0) is 16.9. The first-order chi connectivity index (χ1) is 10.8. The molecule has 2 aromatic carbocycles. The molecule has 0 saturated carbocycles. The molecule has 0 bridgehead atoms. The third kappa shape index (κ3) is 5.88. The Labute approximate surface area is 148 Å². The van der Waals surface area contributed by atoms with E-state index in [1.54, 1.807) is 60.7 Å². The molecule has 9 heteroatoms. The van der Waals surface area contributed by atoms with Crippen molar-refractivity contribution < 1.29 is 18.7 Å².